The Kier molecular flexibility index (Phi) is 6.22. The van der Waals surface area contributed by atoms with Gasteiger partial charge in [-0.3, -0.25) is 0 Å². The van der Waals surface area contributed by atoms with E-state index in [0.29, 0.717) is 12.5 Å². The minimum absolute atomic E-state index is 0.135. The van der Waals surface area contributed by atoms with Crippen molar-refractivity contribution in [2.75, 3.05) is 19.8 Å². The fourth-order valence-corrected chi connectivity index (χ4v) is 2.48. The highest BCUT2D eigenvalue weighted by Gasteiger charge is 2.14. The van der Waals surface area contributed by atoms with Crippen LogP contribution in [0.15, 0.2) is 24.3 Å². The molecule has 1 aliphatic heterocycles. The Morgan fingerprint density at radius 3 is 2.48 bits per heavy atom. The van der Waals surface area contributed by atoms with Crippen LogP contribution in [0.1, 0.15) is 44.7 Å². The van der Waals surface area contributed by atoms with Crippen LogP contribution >= 0.6 is 0 Å². The fourth-order valence-electron chi connectivity index (χ4n) is 2.48. The molecule has 118 valence electrons. The molecule has 0 saturated carbocycles. The number of benzene rings is 1. The zero-order valence-corrected chi connectivity index (χ0v) is 13.7. The predicted octanol–water partition coefficient (Wildman–Crippen LogP) is 3.52. The molecule has 0 bridgehead atoms. The second kappa shape index (κ2) is 7.92. The van der Waals surface area contributed by atoms with Gasteiger partial charge in [0.05, 0.1) is 13.2 Å². The van der Waals surface area contributed by atoms with E-state index in [0.717, 1.165) is 39.2 Å². The summed E-state index contributed by atoms with van der Waals surface area (Å²) in [6, 6.07) is 8.55. The lowest BCUT2D eigenvalue weighted by molar-refractivity contribution is 0.0156. The van der Waals surface area contributed by atoms with E-state index in [4.69, 9.17) is 9.47 Å². The number of hydrogen-bond acceptors (Lipinski definition) is 3. The number of rotatable bonds is 6. The zero-order chi connectivity index (χ0) is 15.1. The van der Waals surface area contributed by atoms with Gasteiger partial charge in [0.25, 0.3) is 0 Å². The minimum Gasteiger partial charge on any atom is -0.381 e. The Morgan fingerprint density at radius 2 is 1.81 bits per heavy atom. The molecule has 0 aromatic heterocycles. The van der Waals surface area contributed by atoms with Gasteiger partial charge in [-0.05, 0) is 50.7 Å². The number of hydrogen-bond donors (Lipinski definition) is 1. The summed E-state index contributed by atoms with van der Waals surface area (Å²) in [4.78, 5) is 0. The smallest absolute Gasteiger partial charge is 0.0720 e. The molecule has 0 unspecified atom stereocenters. The van der Waals surface area contributed by atoms with E-state index in [1.165, 1.54) is 11.1 Å². The third kappa shape index (κ3) is 6.16. The van der Waals surface area contributed by atoms with E-state index >= 15 is 0 Å². The lowest BCUT2D eigenvalue weighted by Crippen LogP contribution is -2.35. The van der Waals surface area contributed by atoms with Crippen LogP contribution in [-0.2, 0) is 22.6 Å². The highest BCUT2D eigenvalue weighted by molar-refractivity contribution is 5.26. The summed E-state index contributed by atoms with van der Waals surface area (Å²) in [7, 11) is 0. The largest absolute Gasteiger partial charge is 0.381 e. The van der Waals surface area contributed by atoms with Gasteiger partial charge in [0.1, 0.15) is 0 Å². The topological polar surface area (TPSA) is 30.5 Å². The van der Waals surface area contributed by atoms with Crippen molar-refractivity contribution in [1.29, 1.82) is 0 Å². The second-order valence-electron chi connectivity index (χ2n) is 6.94. The Morgan fingerprint density at radius 1 is 1.14 bits per heavy atom. The highest BCUT2D eigenvalue weighted by atomic mass is 16.5. The Bertz CT molecular complexity index is 419. The van der Waals surface area contributed by atoms with Gasteiger partial charge < -0.3 is 14.8 Å². The van der Waals surface area contributed by atoms with Crippen molar-refractivity contribution in [3.05, 3.63) is 35.4 Å². The second-order valence-corrected chi connectivity index (χ2v) is 6.94. The molecule has 0 spiro atoms. The molecular weight excluding hydrogens is 262 g/mol. The summed E-state index contributed by atoms with van der Waals surface area (Å²) >= 11 is 0. The molecule has 1 N–H and O–H groups in total. The first-order chi connectivity index (χ1) is 10.0. The van der Waals surface area contributed by atoms with Crippen molar-refractivity contribution in [3.63, 3.8) is 0 Å². The van der Waals surface area contributed by atoms with Crippen LogP contribution in [0, 0.1) is 5.92 Å². The van der Waals surface area contributed by atoms with E-state index in [1.54, 1.807) is 0 Å². The van der Waals surface area contributed by atoms with Crippen molar-refractivity contribution in [2.24, 2.45) is 5.92 Å². The van der Waals surface area contributed by atoms with Gasteiger partial charge in [-0.15, -0.1) is 0 Å². The number of ether oxygens (including phenoxy) is 2. The van der Waals surface area contributed by atoms with Crippen LogP contribution in [0.4, 0.5) is 0 Å². The van der Waals surface area contributed by atoms with Crippen molar-refractivity contribution in [2.45, 2.75) is 52.3 Å². The van der Waals surface area contributed by atoms with Gasteiger partial charge in [-0.25, -0.2) is 0 Å². The monoisotopic (exact) mass is 291 g/mol. The first-order valence-electron chi connectivity index (χ1n) is 8.02. The molecule has 1 aromatic carbocycles. The Hall–Kier alpha value is -0.900. The fraction of sp³-hybridized carbons (Fsp3) is 0.667. The molecule has 0 aliphatic carbocycles. The molecule has 2 rings (SSSR count). The summed E-state index contributed by atoms with van der Waals surface area (Å²) in [5, 5.41) is 3.55. The first kappa shape index (κ1) is 16.5. The third-order valence-corrected chi connectivity index (χ3v) is 3.88. The van der Waals surface area contributed by atoms with Gasteiger partial charge in [-0.2, -0.15) is 0 Å². The van der Waals surface area contributed by atoms with Gasteiger partial charge in [0.15, 0.2) is 0 Å². The molecular formula is C18H29NO2. The van der Waals surface area contributed by atoms with Crippen molar-refractivity contribution in [3.8, 4) is 0 Å². The summed E-state index contributed by atoms with van der Waals surface area (Å²) in [6.07, 6.45) is 2.26. The molecule has 3 heteroatoms. The van der Waals surface area contributed by atoms with Crippen molar-refractivity contribution < 1.29 is 9.47 Å². The molecule has 1 fully saturated rings. The van der Waals surface area contributed by atoms with E-state index < -0.39 is 0 Å². The van der Waals surface area contributed by atoms with Crippen LogP contribution in [0.2, 0.25) is 0 Å². The molecule has 21 heavy (non-hydrogen) atoms. The standard InChI is InChI=1S/C18H29NO2/c1-18(2,3)19-12-16-6-4-5-7-17(16)14-21-13-15-8-10-20-11-9-15/h4-7,15,19H,8-14H2,1-3H3. The summed E-state index contributed by atoms with van der Waals surface area (Å²) in [5.74, 6) is 0.665. The Labute approximate surface area is 129 Å². The third-order valence-electron chi connectivity index (χ3n) is 3.88. The Balaban J connectivity index is 1.81. The van der Waals surface area contributed by atoms with Crippen LogP contribution in [0.3, 0.4) is 0 Å². The minimum atomic E-state index is 0.135. The summed E-state index contributed by atoms with van der Waals surface area (Å²) < 4.78 is 11.3. The zero-order valence-electron chi connectivity index (χ0n) is 13.7. The summed E-state index contributed by atoms with van der Waals surface area (Å²) in [6.45, 7) is 10.8. The van der Waals surface area contributed by atoms with E-state index in [9.17, 15) is 0 Å². The maximum absolute atomic E-state index is 5.95. The molecule has 1 aromatic rings. The molecule has 0 radical (unpaired) electrons. The van der Waals surface area contributed by atoms with Crippen LogP contribution in [-0.4, -0.2) is 25.4 Å². The number of nitrogens with one attached hydrogen (secondary N) is 1. The van der Waals surface area contributed by atoms with E-state index in [2.05, 4.69) is 50.4 Å². The maximum Gasteiger partial charge on any atom is 0.0720 e. The van der Waals surface area contributed by atoms with Crippen molar-refractivity contribution >= 4 is 0 Å². The molecule has 0 atom stereocenters. The molecule has 3 nitrogen and oxygen atoms in total. The van der Waals surface area contributed by atoms with Gasteiger partial charge in [0.2, 0.25) is 0 Å². The first-order valence-corrected chi connectivity index (χ1v) is 8.02. The molecule has 0 amide bonds. The van der Waals surface area contributed by atoms with E-state index in [-0.39, 0.29) is 5.54 Å². The average molecular weight is 291 g/mol. The van der Waals surface area contributed by atoms with Gasteiger partial charge in [-0.1, -0.05) is 24.3 Å². The van der Waals surface area contributed by atoms with E-state index in [1.807, 2.05) is 0 Å². The van der Waals surface area contributed by atoms with Gasteiger partial charge >= 0.3 is 0 Å². The molecule has 1 heterocycles. The summed E-state index contributed by atoms with van der Waals surface area (Å²) in [5.41, 5.74) is 2.76. The van der Waals surface area contributed by atoms with Crippen LogP contribution in [0.5, 0.6) is 0 Å². The quantitative estimate of drug-likeness (QED) is 0.870. The van der Waals surface area contributed by atoms with Crippen LogP contribution in [0.25, 0.3) is 0 Å². The SMILES string of the molecule is CC(C)(C)NCc1ccccc1COCC1CCOCC1. The lowest BCUT2D eigenvalue weighted by atomic mass is 10.0. The lowest BCUT2D eigenvalue weighted by Gasteiger charge is -2.23. The maximum atomic E-state index is 5.95. The average Bonchev–Trinajstić information content (AvgIpc) is 2.46. The van der Waals surface area contributed by atoms with Gasteiger partial charge in [0, 0.05) is 25.3 Å². The molecule has 1 saturated heterocycles. The predicted molar refractivity (Wildman–Crippen MR) is 86.2 cm³/mol. The van der Waals surface area contributed by atoms with Crippen molar-refractivity contribution in [1.82, 2.24) is 5.32 Å². The van der Waals surface area contributed by atoms with Crippen LogP contribution < -0.4 is 5.32 Å². The normalized spacial score (nSPS) is 17.1. The highest BCUT2D eigenvalue weighted by Crippen LogP contribution is 2.17. The molecule has 1 aliphatic rings.